The molecule has 0 bridgehead atoms. The van der Waals surface area contributed by atoms with E-state index in [0.717, 1.165) is 18.5 Å². The summed E-state index contributed by atoms with van der Waals surface area (Å²) in [5.41, 5.74) is 6.58. The Kier molecular flexibility index (Phi) is 8.73. The molecule has 0 spiro atoms. The van der Waals surface area contributed by atoms with E-state index in [1.807, 2.05) is 6.07 Å². The minimum absolute atomic E-state index is 0.206. The Morgan fingerprint density at radius 2 is 2.08 bits per heavy atom. The van der Waals surface area contributed by atoms with E-state index in [1.54, 1.807) is 18.2 Å². The van der Waals surface area contributed by atoms with Crippen LogP contribution < -0.4 is 15.8 Å². The third-order valence-corrected chi connectivity index (χ3v) is 4.73. The summed E-state index contributed by atoms with van der Waals surface area (Å²) in [7, 11) is -2.02. The first-order valence-electron chi connectivity index (χ1n) is 7.96. The second-order valence-corrected chi connectivity index (χ2v) is 7.62. The molecule has 0 heterocycles. The highest BCUT2D eigenvalue weighted by atomic mass is 32.2. The van der Waals surface area contributed by atoms with E-state index in [0.29, 0.717) is 25.0 Å². The molecule has 0 saturated carbocycles. The fraction of sp³-hybridized carbons (Fsp3) is 0.562. The van der Waals surface area contributed by atoms with Crippen molar-refractivity contribution in [1.82, 2.24) is 10.0 Å². The van der Waals surface area contributed by atoms with E-state index >= 15 is 0 Å². The van der Waals surface area contributed by atoms with Crippen molar-refractivity contribution in [2.45, 2.75) is 31.7 Å². The van der Waals surface area contributed by atoms with Gasteiger partial charge in [0.05, 0.1) is 18.0 Å². The number of nitrogens with two attached hydrogens (primary N) is 1. The number of methoxy groups -OCH3 is 1. The third kappa shape index (κ3) is 7.76. The Labute approximate surface area is 144 Å². The highest BCUT2D eigenvalue weighted by Gasteiger charge is 2.13. The predicted octanol–water partition coefficient (Wildman–Crippen LogP) is 1.06. The van der Waals surface area contributed by atoms with Gasteiger partial charge in [-0.25, -0.2) is 18.1 Å². The largest absolute Gasteiger partial charge is 0.383 e. The van der Waals surface area contributed by atoms with Gasteiger partial charge in [-0.1, -0.05) is 26.0 Å². The Bertz CT molecular complexity index is 630. The SMILES string of the molecule is COCCNS(=O)(=O)c1cccc(CN=C(N)NCCC(C)C)c1. The molecule has 0 aliphatic carbocycles. The Morgan fingerprint density at radius 1 is 1.33 bits per heavy atom. The zero-order chi connectivity index (χ0) is 18.0. The van der Waals surface area contributed by atoms with Crippen molar-refractivity contribution >= 4 is 16.0 Å². The third-order valence-electron chi connectivity index (χ3n) is 3.27. The number of guanidine groups is 1. The Balaban J connectivity index is 2.65. The van der Waals surface area contributed by atoms with Crippen LogP contribution >= 0.6 is 0 Å². The van der Waals surface area contributed by atoms with E-state index < -0.39 is 10.0 Å². The smallest absolute Gasteiger partial charge is 0.240 e. The average Bonchev–Trinajstić information content (AvgIpc) is 2.53. The fourth-order valence-electron chi connectivity index (χ4n) is 1.89. The van der Waals surface area contributed by atoms with Crippen molar-refractivity contribution in [2.75, 3.05) is 26.8 Å². The van der Waals surface area contributed by atoms with Crippen LogP contribution in [0, 0.1) is 5.92 Å². The van der Waals surface area contributed by atoms with Crippen LogP contribution in [0.15, 0.2) is 34.2 Å². The molecule has 1 aromatic rings. The quantitative estimate of drug-likeness (QED) is 0.330. The van der Waals surface area contributed by atoms with Gasteiger partial charge in [0.15, 0.2) is 5.96 Å². The molecule has 8 heteroatoms. The summed E-state index contributed by atoms with van der Waals surface area (Å²) in [6.45, 7) is 5.92. The van der Waals surface area contributed by atoms with Crippen LogP contribution in [0.1, 0.15) is 25.8 Å². The molecule has 0 atom stereocenters. The first kappa shape index (κ1) is 20.4. The normalized spacial score (nSPS) is 12.6. The molecule has 0 aromatic heterocycles. The summed E-state index contributed by atoms with van der Waals surface area (Å²) in [5, 5.41) is 3.05. The van der Waals surface area contributed by atoms with Crippen LogP contribution in [0.5, 0.6) is 0 Å². The van der Waals surface area contributed by atoms with Crippen LogP contribution in [-0.2, 0) is 21.3 Å². The number of aliphatic imine (C=N–C) groups is 1. The number of nitrogens with one attached hydrogen (secondary N) is 2. The van der Waals surface area contributed by atoms with E-state index in [-0.39, 0.29) is 11.4 Å². The standard InChI is InChI=1S/C16H28N4O3S/c1-13(2)7-8-18-16(17)19-12-14-5-4-6-15(11-14)24(21,22)20-9-10-23-3/h4-6,11,13,20H,7-10,12H2,1-3H3,(H3,17,18,19). The first-order chi connectivity index (χ1) is 11.3. The molecule has 0 fully saturated rings. The first-order valence-corrected chi connectivity index (χ1v) is 9.45. The second-order valence-electron chi connectivity index (χ2n) is 5.85. The molecule has 1 aromatic carbocycles. The van der Waals surface area contributed by atoms with Crippen LogP contribution in [0.25, 0.3) is 0 Å². The second kappa shape index (κ2) is 10.3. The summed E-state index contributed by atoms with van der Waals surface area (Å²) in [4.78, 5) is 4.44. The van der Waals surface area contributed by atoms with E-state index in [2.05, 4.69) is 28.9 Å². The molecule has 7 nitrogen and oxygen atoms in total. The average molecular weight is 356 g/mol. The topological polar surface area (TPSA) is 106 Å². The highest BCUT2D eigenvalue weighted by molar-refractivity contribution is 7.89. The van der Waals surface area contributed by atoms with Gasteiger partial charge in [0.1, 0.15) is 0 Å². The number of rotatable bonds is 10. The van der Waals surface area contributed by atoms with Gasteiger partial charge >= 0.3 is 0 Å². The molecule has 0 radical (unpaired) electrons. The van der Waals surface area contributed by atoms with Crippen LogP contribution in [0.2, 0.25) is 0 Å². The van der Waals surface area contributed by atoms with Crippen molar-refractivity contribution < 1.29 is 13.2 Å². The maximum atomic E-state index is 12.2. The number of nitrogens with zero attached hydrogens (tertiary/aromatic N) is 1. The number of hydrogen-bond acceptors (Lipinski definition) is 4. The molecule has 1 rings (SSSR count). The molecule has 0 saturated heterocycles. The fourth-order valence-corrected chi connectivity index (χ4v) is 2.98. The number of benzene rings is 1. The maximum Gasteiger partial charge on any atom is 0.240 e. The number of ether oxygens (including phenoxy) is 1. The molecule has 136 valence electrons. The van der Waals surface area contributed by atoms with E-state index in [1.165, 1.54) is 7.11 Å². The Morgan fingerprint density at radius 3 is 2.75 bits per heavy atom. The van der Waals surface area contributed by atoms with Gasteiger partial charge in [-0.3, -0.25) is 0 Å². The minimum Gasteiger partial charge on any atom is -0.383 e. The monoisotopic (exact) mass is 356 g/mol. The summed E-state index contributed by atoms with van der Waals surface area (Å²) in [5.74, 6) is 0.958. The molecule has 24 heavy (non-hydrogen) atoms. The minimum atomic E-state index is -3.54. The summed E-state index contributed by atoms with van der Waals surface area (Å²) < 4.78 is 31.7. The van der Waals surface area contributed by atoms with E-state index in [9.17, 15) is 8.42 Å². The Hall–Kier alpha value is -1.64. The summed E-state index contributed by atoms with van der Waals surface area (Å²) >= 11 is 0. The maximum absolute atomic E-state index is 12.2. The molecule has 0 aliphatic rings. The molecule has 0 unspecified atom stereocenters. The summed E-state index contributed by atoms with van der Waals surface area (Å²) in [6, 6.07) is 6.66. The van der Waals surface area contributed by atoms with Crippen LogP contribution in [-0.4, -0.2) is 41.2 Å². The zero-order valence-corrected chi connectivity index (χ0v) is 15.4. The van der Waals surface area contributed by atoms with E-state index in [4.69, 9.17) is 10.5 Å². The lowest BCUT2D eigenvalue weighted by atomic mass is 10.1. The molecule has 0 amide bonds. The predicted molar refractivity (Wildman–Crippen MR) is 96.3 cm³/mol. The van der Waals surface area contributed by atoms with Crippen LogP contribution in [0.4, 0.5) is 0 Å². The van der Waals surface area contributed by atoms with Crippen molar-refractivity contribution in [3.05, 3.63) is 29.8 Å². The number of sulfonamides is 1. The van der Waals surface area contributed by atoms with Gasteiger partial charge in [0.2, 0.25) is 10.0 Å². The van der Waals surface area contributed by atoms with Crippen molar-refractivity contribution in [3.8, 4) is 0 Å². The molecular weight excluding hydrogens is 328 g/mol. The van der Waals surface area contributed by atoms with Gasteiger partial charge < -0.3 is 15.8 Å². The van der Waals surface area contributed by atoms with Gasteiger partial charge in [-0.15, -0.1) is 0 Å². The molecule has 4 N–H and O–H groups in total. The van der Waals surface area contributed by atoms with Gasteiger partial charge in [-0.05, 0) is 30.0 Å². The van der Waals surface area contributed by atoms with Crippen molar-refractivity contribution in [1.29, 1.82) is 0 Å². The van der Waals surface area contributed by atoms with Crippen molar-refractivity contribution in [3.63, 3.8) is 0 Å². The lowest BCUT2D eigenvalue weighted by Crippen LogP contribution is -2.32. The zero-order valence-electron chi connectivity index (χ0n) is 14.6. The van der Waals surface area contributed by atoms with Gasteiger partial charge in [-0.2, -0.15) is 0 Å². The highest BCUT2D eigenvalue weighted by Crippen LogP contribution is 2.12. The van der Waals surface area contributed by atoms with Gasteiger partial charge in [0, 0.05) is 20.2 Å². The molecule has 0 aliphatic heterocycles. The van der Waals surface area contributed by atoms with Crippen molar-refractivity contribution in [2.24, 2.45) is 16.6 Å². The lowest BCUT2D eigenvalue weighted by Gasteiger charge is -2.09. The van der Waals surface area contributed by atoms with Gasteiger partial charge in [0.25, 0.3) is 0 Å². The summed E-state index contributed by atoms with van der Waals surface area (Å²) in [6.07, 6.45) is 1.01. The number of hydrogen-bond donors (Lipinski definition) is 3. The lowest BCUT2D eigenvalue weighted by molar-refractivity contribution is 0.204. The molecular formula is C16H28N4O3S. The van der Waals surface area contributed by atoms with Crippen LogP contribution in [0.3, 0.4) is 0 Å².